The Morgan fingerprint density at radius 3 is 2.64 bits per heavy atom. The molecule has 0 saturated carbocycles. The quantitative estimate of drug-likeness (QED) is 0.619. The highest BCUT2D eigenvalue weighted by Gasteiger charge is 2.03. The van der Waals surface area contributed by atoms with E-state index >= 15 is 0 Å². The minimum absolute atomic E-state index is 0.0833. The molecule has 2 rings (SSSR count). The molecule has 2 nitrogen and oxygen atoms in total. The van der Waals surface area contributed by atoms with E-state index in [0.29, 0.717) is 0 Å². The third-order valence-electron chi connectivity index (χ3n) is 2.52. The molecule has 72 valence electrons. The van der Waals surface area contributed by atoms with Crippen LogP contribution in [0.2, 0.25) is 0 Å². The molecule has 0 N–H and O–H groups in total. The Morgan fingerprint density at radius 2 is 1.93 bits per heavy atom. The lowest BCUT2D eigenvalue weighted by Gasteiger charge is -2.05. The molecule has 1 heterocycles. The predicted octanol–water partition coefficient (Wildman–Crippen LogP) is 2.16. The summed E-state index contributed by atoms with van der Waals surface area (Å²) in [4.78, 5) is 11.8. The summed E-state index contributed by atoms with van der Waals surface area (Å²) >= 11 is 0. The monoisotopic (exact) mass is 187 g/mol. The summed E-state index contributed by atoms with van der Waals surface area (Å²) in [5.74, 6) is 0. The molecule has 0 saturated heterocycles. The van der Waals surface area contributed by atoms with Crippen molar-refractivity contribution < 1.29 is 0 Å². The number of hydrogen-bond acceptors (Lipinski definition) is 1. The Hall–Kier alpha value is -1.57. The highest BCUT2D eigenvalue weighted by atomic mass is 16.1. The fourth-order valence-corrected chi connectivity index (χ4v) is 1.86. The zero-order valence-corrected chi connectivity index (χ0v) is 8.66. The molecule has 2 aromatic rings. The van der Waals surface area contributed by atoms with Crippen molar-refractivity contribution in [3.63, 3.8) is 0 Å². The van der Waals surface area contributed by atoms with Gasteiger partial charge in [-0.05, 0) is 30.9 Å². The molecule has 2 heteroatoms. The van der Waals surface area contributed by atoms with Crippen LogP contribution in [-0.2, 0) is 7.05 Å². The number of fused-ring (bicyclic) bond motifs is 1. The summed E-state index contributed by atoms with van der Waals surface area (Å²) in [5.41, 5.74) is 2.34. The zero-order chi connectivity index (χ0) is 10.3. The first-order chi connectivity index (χ1) is 6.59. The van der Waals surface area contributed by atoms with Gasteiger partial charge in [0.25, 0.3) is 5.56 Å². The highest BCUT2D eigenvalue weighted by molar-refractivity contribution is 5.85. The van der Waals surface area contributed by atoms with E-state index in [2.05, 4.69) is 0 Å². The summed E-state index contributed by atoms with van der Waals surface area (Å²) in [6.45, 7) is 4.03. The van der Waals surface area contributed by atoms with Gasteiger partial charge < -0.3 is 4.57 Å². The van der Waals surface area contributed by atoms with Crippen LogP contribution >= 0.6 is 0 Å². The molecule has 0 spiro atoms. The fraction of sp³-hybridized carbons (Fsp3) is 0.250. The Morgan fingerprint density at radius 1 is 1.21 bits per heavy atom. The number of aromatic nitrogens is 1. The lowest BCUT2D eigenvalue weighted by atomic mass is 10.0. The molecule has 14 heavy (non-hydrogen) atoms. The van der Waals surface area contributed by atoms with E-state index in [4.69, 9.17) is 0 Å². The van der Waals surface area contributed by atoms with Gasteiger partial charge in [-0.15, -0.1) is 0 Å². The summed E-state index contributed by atoms with van der Waals surface area (Å²) in [7, 11) is 1.78. The van der Waals surface area contributed by atoms with E-state index in [-0.39, 0.29) is 5.56 Å². The van der Waals surface area contributed by atoms with Crippen LogP contribution in [0.4, 0.5) is 0 Å². The molecular formula is C12H13NO. The van der Waals surface area contributed by atoms with Crippen LogP contribution in [-0.4, -0.2) is 4.57 Å². The standard InChI is InChI=1S/C12H13NO/c1-8-6-9(2)11-10(7-8)4-5-13(3)12(11)14/h4-7H,1-3H3. The van der Waals surface area contributed by atoms with Gasteiger partial charge in [-0.3, -0.25) is 4.79 Å². The average molecular weight is 187 g/mol. The second-order valence-electron chi connectivity index (χ2n) is 3.78. The van der Waals surface area contributed by atoms with Crippen molar-refractivity contribution in [2.45, 2.75) is 13.8 Å². The van der Waals surface area contributed by atoms with E-state index in [0.717, 1.165) is 16.3 Å². The van der Waals surface area contributed by atoms with E-state index in [1.807, 2.05) is 38.2 Å². The van der Waals surface area contributed by atoms with Crippen molar-refractivity contribution in [3.05, 3.63) is 45.9 Å². The van der Waals surface area contributed by atoms with Crippen molar-refractivity contribution in [2.75, 3.05) is 0 Å². The summed E-state index contributed by atoms with van der Waals surface area (Å²) in [6, 6.07) is 6.07. The van der Waals surface area contributed by atoms with Gasteiger partial charge in [0.1, 0.15) is 0 Å². The van der Waals surface area contributed by atoms with E-state index in [9.17, 15) is 4.79 Å². The maximum atomic E-state index is 11.8. The highest BCUT2D eigenvalue weighted by Crippen LogP contribution is 2.16. The average Bonchev–Trinajstić information content (AvgIpc) is 2.10. The largest absolute Gasteiger partial charge is 0.318 e. The molecule has 1 aromatic heterocycles. The summed E-state index contributed by atoms with van der Waals surface area (Å²) in [6.07, 6.45) is 1.81. The second-order valence-corrected chi connectivity index (χ2v) is 3.78. The lowest BCUT2D eigenvalue weighted by Crippen LogP contribution is -2.16. The van der Waals surface area contributed by atoms with Crippen LogP contribution in [0.1, 0.15) is 11.1 Å². The molecule has 0 fully saturated rings. The van der Waals surface area contributed by atoms with E-state index in [1.165, 1.54) is 5.56 Å². The maximum Gasteiger partial charge on any atom is 0.258 e. The van der Waals surface area contributed by atoms with Crippen LogP contribution in [0.5, 0.6) is 0 Å². The first kappa shape index (κ1) is 9.00. The smallest absolute Gasteiger partial charge is 0.258 e. The second kappa shape index (κ2) is 2.98. The Bertz CT molecular complexity index is 552. The molecule has 0 atom stereocenters. The van der Waals surface area contributed by atoms with Crippen molar-refractivity contribution in [2.24, 2.45) is 7.05 Å². The van der Waals surface area contributed by atoms with Crippen LogP contribution in [0, 0.1) is 13.8 Å². The van der Waals surface area contributed by atoms with Gasteiger partial charge in [0.2, 0.25) is 0 Å². The van der Waals surface area contributed by atoms with Gasteiger partial charge in [-0.25, -0.2) is 0 Å². The number of hydrogen-bond donors (Lipinski definition) is 0. The van der Waals surface area contributed by atoms with E-state index < -0.39 is 0 Å². The van der Waals surface area contributed by atoms with Gasteiger partial charge in [0.15, 0.2) is 0 Å². The van der Waals surface area contributed by atoms with Crippen molar-refractivity contribution in [1.82, 2.24) is 4.57 Å². The minimum Gasteiger partial charge on any atom is -0.318 e. The van der Waals surface area contributed by atoms with Gasteiger partial charge in [-0.1, -0.05) is 17.7 Å². The molecule has 0 amide bonds. The first-order valence-corrected chi connectivity index (χ1v) is 4.66. The van der Waals surface area contributed by atoms with Crippen LogP contribution in [0.25, 0.3) is 10.8 Å². The molecule has 0 unspecified atom stereocenters. The van der Waals surface area contributed by atoms with E-state index in [1.54, 1.807) is 11.6 Å². The van der Waals surface area contributed by atoms with Gasteiger partial charge in [0, 0.05) is 13.2 Å². The number of aryl methyl sites for hydroxylation is 3. The molecule has 0 aliphatic rings. The van der Waals surface area contributed by atoms with Crippen LogP contribution in [0.15, 0.2) is 29.2 Å². The maximum absolute atomic E-state index is 11.8. The normalized spacial score (nSPS) is 10.8. The Labute approximate surface area is 82.8 Å². The van der Waals surface area contributed by atoms with Crippen molar-refractivity contribution >= 4 is 10.8 Å². The first-order valence-electron chi connectivity index (χ1n) is 4.66. The third kappa shape index (κ3) is 1.23. The lowest BCUT2D eigenvalue weighted by molar-refractivity contribution is 0.872. The molecular weight excluding hydrogens is 174 g/mol. The topological polar surface area (TPSA) is 22.0 Å². The molecule has 0 radical (unpaired) electrons. The van der Waals surface area contributed by atoms with Gasteiger partial charge in [0.05, 0.1) is 5.39 Å². The minimum atomic E-state index is 0.0833. The molecule has 0 aliphatic heterocycles. The molecule has 0 aliphatic carbocycles. The third-order valence-corrected chi connectivity index (χ3v) is 2.52. The number of rotatable bonds is 0. The molecule has 0 bridgehead atoms. The fourth-order valence-electron chi connectivity index (χ4n) is 1.86. The van der Waals surface area contributed by atoms with Crippen LogP contribution in [0.3, 0.4) is 0 Å². The van der Waals surface area contributed by atoms with Crippen molar-refractivity contribution in [3.8, 4) is 0 Å². The predicted molar refractivity (Wildman–Crippen MR) is 58.7 cm³/mol. The van der Waals surface area contributed by atoms with Crippen LogP contribution < -0.4 is 5.56 Å². The summed E-state index contributed by atoms with van der Waals surface area (Å²) < 4.78 is 1.62. The number of nitrogens with zero attached hydrogens (tertiary/aromatic N) is 1. The number of benzene rings is 1. The Balaban J connectivity index is 3.03. The summed E-state index contributed by atoms with van der Waals surface area (Å²) in [5, 5.41) is 1.87. The van der Waals surface area contributed by atoms with Crippen molar-refractivity contribution in [1.29, 1.82) is 0 Å². The Kier molecular flexibility index (Phi) is 1.92. The van der Waals surface area contributed by atoms with Gasteiger partial charge >= 0.3 is 0 Å². The molecule has 1 aromatic carbocycles. The van der Waals surface area contributed by atoms with Gasteiger partial charge in [-0.2, -0.15) is 0 Å². The number of pyridine rings is 1. The SMILES string of the molecule is Cc1cc(C)c2c(=O)n(C)ccc2c1. The zero-order valence-electron chi connectivity index (χ0n) is 8.66.